The highest BCUT2D eigenvalue weighted by Crippen LogP contribution is 2.14. The Morgan fingerprint density at radius 2 is 2.06 bits per heavy atom. The maximum Gasteiger partial charge on any atom is 0.226 e. The SMILES string of the molecule is CCCCNc1nc(N)c2nccnc2n1. The zero-order chi connectivity index (χ0) is 11.4. The zero-order valence-electron chi connectivity index (χ0n) is 9.14. The van der Waals surface area contributed by atoms with Crippen LogP contribution in [0.2, 0.25) is 0 Å². The van der Waals surface area contributed by atoms with Crippen LogP contribution in [0.1, 0.15) is 19.8 Å². The van der Waals surface area contributed by atoms with E-state index in [0.717, 1.165) is 19.4 Å². The maximum absolute atomic E-state index is 5.77. The molecule has 16 heavy (non-hydrogen) atoms. The molecule has 2 aromatic rings. The van der Waals surface area contributed by atoms with Crippen molar-refractivity contribution in [1.82, 2.24) is 19.9 Å². The van der Waals surface area contributed by atoms with E-state index < -0.39 is 0 Å². The fraction of sp³-hybridized carbons (Fsp3) is 0.400. The van der Waals surface area contributed by atoms with Crippen molar-refractivity contribution in [2.24, 2.45) is 0 Å². The van der Waals surface area contributed by atoms with Crippen molar-refractivity contribution in [3.8, 4) is 0 Å². The monoisotopic (exact) mass is 218 g/mol. The lowest BCUT2D eigenvalue weighted by Gasteiger charge is -2.05. The molecule has 0 fully saturated rings. The summed E-state index contributed by atoms with van der Waals surface area (Å²) in [7, 11) is 0. The van der Waals surface area contributed by atoms with Crippen molar-refractivity contribution in [3.05, 3.63) is 12.4 Å². The van der Waals surface area contributed by atoms with Gasteiger partial charge in [-0.25, -0.2) is 9.97 Å². The number of nitrogens with two attached hydrogens (primary N) is 1. The predicted molar refractivity (Wildman–Crippen MR) is 62.9 cm³/mol. The van der Waals surface area contributed by atoms with Crippen LogP contribution in [0, 0.1) is 0 Å². The molecular weight excluding hydrogens is 204 g/mol. The van der Waals surface area contributed by atoms with E-state index in [2.05, 4.69) is 32.2 Å². The van der Waals surface area contributed by atoms with Crippen LogP contribution in [0.4, 0.5) is 11.8 Å². The van der Waals surface area contributed by atoms with Gasteiger partial charge in [0.1, 0.15) is 5.52 Å². The summed E-state index contributed by atoms with van der Waals surface area (Å²) in [5, 5.41) is 3.11. The number of hydrogen-bond acceptors (Lipinski definition) is 6. The fourth-order valence-corrected chi connectivity index (χ4v) is 1.34. The molecule has 0 aromatic carbocycles. The normalized spacial score (nSPS) is 10.6. The van der Waals surface area contributed by atoms with Crippen molar-refractivity contribution >= 4 is 22.9 Å². The van der Waals surface area contributed by atoms with Gasteiger partial charge in [-0.2, -0.15) is 9.97 Å². The molecule has 3 N–H and O–H groups in total. The summed E-state index contributed by atoms with van der Waals surface area (Å²) in [5.41, 5.74) is 6.83. The molecule has 0 aliphatic carbocycles. The molecule has 2 heterocycles. The van der Waals surface area contributed by atoms with E-state index in [0.29, 0.717) is 22.9 Å². The number of nitrogens with zero attached hydrogens (tertiary/aromatic N) is 4. The van der Waals surface area contributed by atoms with E-state index in [-0.39, 0.29) is 0 Å². The number of unbranched alkanes of at least 4 members (excludes halogenated alkanes) is 1. The first-order valence-electron chi connectivity index (χ1n) is 5.29. The lowest BCUT2D eigenvalue weighted by molar-refractivity contribution is 0.827. The van der Waals surface area contributed by atoms with Crippen LogP contribution in [0.15, 0.2) is 12.4 Å². The van der Waals surface area contributed by atoms with Gasteiger partial charge < -0.3 is 11.1 Å². The summed E-state index contributed by atoms with van der Waals surface area (Å²) in [5.74, 6) is 0.871. The van der Waals surface area contributed by atoms with Gasteiger partial charge in [0.15, 0.2) is 11.5 Å². The number of hydrogen-bond donors (Lipinski definition) is 2. The zero-order valence-corrected chi connectivity index (χ0v) is 9.14. The van der Waals surface area contributed by atoms with Crippen molar-refractivity contribution < 1.29 is 0 Å². The largest absolute Gasteiger partial charge is 0.382 e. The molecule has 0 aliphatic rings. The summed E-state index contributed by atoms with van der Waals surface area (Å²) in [6, 6.07) is 0. The van der Waals surface area contributed by atoms with Crippen LogP contribution in [-0.4, -0.2) is 26.5 Å². The van der Waals surface area contributed by atoms with Crippen LogP contribution in [0.5, 0.6) is 0 Å². The molecule has 0 spiro atoms. The number of aromatic nitrogens is 4. The van der Waals surface area contributed by atoms with Crippen molar-refractivity contribution in [2.75, 3.05) is 17.6 Å². The summed E-state index contributed by atoms with van der Waals surface area (Å²) < 4.78 is 0. The Balaban J connectivity index is 2.27. The standard InChI is InChI=1S/C10H14N6/c1-2-3-4-14-10-15-8(11)7-9(16-10)13-6-5-12-7/h5-6H,2-4H2,1H3,(H3,11,13,14,15,16). The summed E-state index contributed by atoms with van der Waals surface area (Å²) in [4.78, 5) is 16.5. The number of rotatable bonds is 4. The molecule has 0 saturated heterocycles. The van der Waals surface area contributed by atoms with Gasteiger partial charge in [0.2, 0.25) is 5.95 Å². The van der Waals surface area contributed by atoms with E-state index in [1.165, 1.54) is 0 Å². The number of anilines is 2. The first kappa shape index (κ1) is 10.5. The molecule has 0 radical (unpaired) electrons. The van der Waals surface area contributed by atoms with Gasteiger partial charge in [-0.05, 0) is 6.42 Å². The smallest absolute Gasteiger partial charge is 0.226 e. The molecule has 0 amide bonds. The molecule has 2 aromatic heterocycles. The topological polar surface area (TPSA) is 89.6 Å². The predicted octanol–water partition coefficient (Wildman–Crippen LogP) is 1.21. The highest BCUT2D eigenvalue weighted by atomic mass is 15.1. The van der Waals surface area contributed by atoms with Crippen LogP contribution < -0.4 is 11.1 Å². The van der Waals surface area contributed by atoms with E-state index in [4.69, 9.17) is 5.73 Å². The lowest BCUT2D eigenvalue weighted by atomic mass is 10.3. The van der Waals surface area contributed by atoms with Crippen LogP contribution >= 0.6 is 0 Å². The molecule has 0 unspecified atom stereocenters. The average molecular weight is 218 g/mol. The highest BCUT2D eigenvalue weighted by Gasteiger charge is 2.05. The van der Waals surface area contributed by atoms with Gasteiger partial charge in [-0.3, -0.25) is 0 Å². The Morgan fingerprint density at radius 3 is 2.88 bits per heavy atom. The Kier molecular flexibility index (Phi) is 3.09. The Bertz CT molecular complexity index is 484. The number of nitrogens with one attached hydrogen (secondary N) is 1. The second-order valence-corrected chi connectivity index (χ2v) is 3.44. The first-order valence-corrected chi connectivity index (χ1v) is 5.29. The Morgan fingerprint density at radius 1 is 1.25 bits per heavy atom. The van der Waals surface area contributed by atoms with Crippen LogP contribution in [0.3, 0.4) is 0 Å². The summed E-state index contributed by atoms with van der Waals surface area (Å²) in [6.07, 6.45) is 5.36. The fourth-order valence-electron chi connectivity index (χ4n) is 1.34. The third kappa shape index (κ3) is 2.16. The van der Waals surface area contributed by atoms with E-state index in [1.807, 2.05) is 0 Å². The maximum atomic E-state index is 5.77. The number of nitrogen functional groups attached to an aromatic ring is 1. The summed E-state index contributed by atoms with van der Waals surface area (Å²) in [6.45, 7) is 2.96. The number of fused-ring (bicyclic) bond motifs is 1. The van der Waals surface area contributed by atoms with Gasteiger partial charge >= 0.3 is 0 Å². The molecule has 2 rings (SSSR count). The van der Waals surface area contributed by atoms with E-state index in [9.17, 15) is 0 Å². The van der Waals surface area contributed by atoms with Crippen molar-refractivity contribution in [2.45, 2.75) is 19.8 Å². The lowest BCUT2D eigenvalue weighted by Crippen LogP contribution is -2.08. The minimum absolute atomic E-state index is 0.358. The molecule has 0 bridgehead atoms. The molecule has 0 atom stereocenters. The molecular formula is C10H14N6. The molecule has 6 nitrogen and oxygen atoms in total. The second kappa shape index (κ2) is 4.69. The van der Waals surface area contributed by atoms with Gasteiger partial charge in [-0.1, -0.05) is 13.3 Å². The third-order valence-corrected chi connectivity index (χ3v) is 2.17. The van der Waals surface area contributed by atoms with E-state index in [1.54, 1.807) is 12.4 Å². The molecule has 0 saturated carbocycles. The third-order valence-electron chi connectivity index (χ3n) is 2.17. The minimum Gasteiger partial charge on any atom is -0.382 e. The quantitative estimate of drug-likeness (QED) is 0.750. The highest BCUT2D eigenvalue weighted by molar-refractivity contribution is 5.81. The van der Waals surface area contributed by atoms with Crippen LogP contribution in [-0.2, 0) is 0 Å². The van der Waals surface area contributed by atoms with E-state index >= 15 is 0 Å². The molecule has 6 heteroatoms. The van der Waals surface area contributed by atoms with Gasteiger partial charge in [0, 0.05) is 18.9 Å². The molecule has 84 valence electrons. The Hall–Kier alpha value is -1.98. The average Bonchev–Trinajstić information content (AvgIpc) is 2.30. The van der Waals surface area contributed by atoms with Crippen LogP contribution in [0.25, 0.3) is 11.2 Å². The van der Waals surface area contributed by atoms with Gasteiger partial charge in [-0.15, -0.1) is 0 Å². The van der Waals surface area contributed by atoms with Gasteiger partial charge in [0.05, 0.1) is 0 Å². The van der Waals surface area contributed by atoms with Crippen molar-refractivity contribution in [1.29, 1.82) is 0 Å². The van der Waals surface area contributed by atoms with Crippen molar-refractivity contribution in [3.63, 3.8) is 0 Å². The second-order valence-electron chi connectivity index (χ2n) is 3.44. The minimum atomic E-state index is 0.358. The summed E-state index contributed by atoms with van der Waals surface area (Å²) >= 11 is 0. The Labute approximate surface area is 93.3 Å². The molecule has 0 aliphatic heterocycles. The first-order chi connectivity index (χ1) is 7.81. The van der Waals surface area contributed by atoms with Gasteiger partial charge in [0.25, 0.3) is 0 Å².